The van der Waals surface area contributed by atoms with E-state index >= 15 is 0 Å². The minimum absolute atomic E-state index is 0.0276. The van der Waals surface area contributed by atoms with Crippen LogP contribution in [0, 0.1) is 12.3 Å². The largest absolute Gasteiger partial charge is 0.307 e. The van der Waals surface area contributed by atoms with E-state index in [1.807, 2.05) is 19.9 Å². The lowest BCUT2D eigenvalue weighted by atomic mass is 9.82. The van der Waals surface area contributed by atoms with Crippen LogP contribution in [0.5, 0.6) is 0 Å². The summed E-state index contributed by atoms with van der Waals surface area (Å²) in [5.74, 6) is 5.48. The molecule has 5 nitrogen and oxygen atoms in total. The first-order valence-corrected chi connectivity index (χ1v) is 10.5. The molecule has 1 aromatic rings. The zero-order valence-corrected chi connectivity index (χ0v) is 17.9. The fourth-order valence-electron chi connectivity index (χ4n) is 4.12. The van der Waals surface area contributed by atoms with Gasteiger partial charge < -0.3 is 9.63 Å². The molecule has 3 heterocycles. The van der Waals surface area contributed by atoms with Crippen molar-refractivity contribution in [2.24, 2.45) is 11.3 Å². The number of nitrogens with two attached hydrogens (primary N) is 1. The van der Waals surface area contributed by atoms with E-state index in [0.29, 0.717) is 11.9 Å². The third-order valence-electron chi connectivity index (χ3n) is 6.05. The summed E-state index contributed by atoms with van der Waals surface area (Å²) in [4.78, 5) is 20.1. The number of hydrogen-bond donors (Lipinski definition) is 1. The number of rotatable bonds is 7. The van der Waals surface area contributed by atoms with Crippen molar-refractivity contribution in [3.63, 3.8) is 0 Å². The smallest absolute Gasteiger partial charge is 0.152 e. The van der Waals surface area contributed by atoms with Crippen LogP contribution in [0.2, 0.25) is 0 Å². The van der Waals surface area contributed by atoms with Gasteiger partial charge in [-0.3, -0.25) is 9.88 Å². The quantitative estimate of drug-likeness (QED) is 0.683. The predicted octanol–water partition coefficient (Wildman–Crippen LogP) is 4.12. The summed E-state index contributed by atoms with van der Waals surface area (Å²) in [5.41, 5.74) is 2.22. The van der Waals surface area contributed by atoms with Crippen LogP contribution < -0.4 is 5.90 Å². The first kappa shape index (κ1) is 23.0. The second-order valence-electron chi connectivity index (χ2n) is 8.25. The van der Waals surface area contributed by atoms with Gasteiger partial charge in [0.05, 0.1) is 6.61 Å². The molecule has 28 heavy (non-hydrogen) atoms. The number of allylic oxidation sites excluding steroid dienone is 1. The van der Waals surface area contributed by atoms with Crippen LogP contribution >= 0.6 is 11.8 Å². The molecule has 0 spiro atoms. The van der Waals surface area contributed by atoms with Crippen molar-refractivity contribution in [2.45, 2.75) is 57.2 Å². The van der Waals surface area contributed by atoms with E-state index in [1.165, 1.54) is 17.3 Å². The number of aromatic nitrogens is 1. The van der Waals surface area contributed by atoms with Gasteiger partial charge in [0, 0.05) is 34.6 Å². The minimum atomic E-state index is -0.0905. The first-order valence-electron chi connectivity index (χ1n) is 9.66. The Morgan fingerprint density at radius 2 is 2.21 bits per heavy atom. The molecule has 0 saturated carbocycles. The second kappa shape index (κ2) is 9.96. The van der Waals surface area contributed by atoms with Crippen LogP contribution in [0.25, 0.3) is 0 Å². The molecule has 0 aliphatic carbocycles. The van der Waals surface area contributed by atoms with Crippen LogP contribution in [0.15, 0.2) is 29.6 Å². The number of thioether (sulfide) groups is 1. The average molecular weight is 410 g/mol. The predicted molar refractivity (Wildman–Crippen MR) is 112 cm³/mol. The zero-order chi connectivity index (χ0) is 20.8. The van der Waals surface area contributed by atoms with Crippen LogP contribution in [0.1, 0.15) is 50.8 Å². The average Bonchev–Trinajstić information content (AvgIpc) is 3.30. The van der Waals surface area contributed by atoms with E-state index in [0.717, 1.165) is 44.5 Å². The molecular formula is C21H32FN3O2S. The molecule has 3 rings (SSSR count). The number of carbonyl (C=O) groups is 1. The Labute approximate surface area is 171 Å². The van der Waals surface area contributed by atoms with Crippen molar-refractivity contribution >= 4 is 18.6 Å². The number of halogens is 1. The number of nitrogens with zero attached hydrogens (tertiary/aromatic N) is 2. The Morgan fingerprint density at radius 1 is 1.46 bits per heavy atom. The van der Waals surface area contributed by atoms with E-state index in [1.54, 1.807) is 6.08 Å². The maximum atomic E-state index is 13.3. The number of pyridine rings is 1. The maximum absolute atomic E-state index is 13.3. The van der Waals surface area contributed by atoms with Gasteiger partial charge in [0.25, 0.3) is 0 Å². The molecular weight excluding hydrogens is 377 g/mol. The standard InChI is InChI=1S/C20H30FN3OS.CH2O/c1-15-4-5-16(12-23-15)19(2,3)24-11-10-20(13-24,14-25-22)9-8-17-6-7-18(21)26-17;1-2/h4-5,7,12,17H,6,8-11,13-14,22H2,1-3H3;1H2. The number of aryl methyl sites for hydroxylation is 1. The molecule has 1 aromatic heterocycles. The number of hydrogen-bond acceptors (Lipinski definition) is 6. The summed E-state index contributed by atoms with van der Waals surface area (Å²) in [5, 5.41) is 0.327. The van der Waals surface area contributed by atoms with Gasteiger partial charge >= 0.3 is 0 Å². The molecule has 0 amide bonds. The number of likely N-dealkylation sites (tertiary alicyclic amines) is 1. The van der Waals surface area contributed by atoms with Gasteiger partial charge in [0.2, 0.25) is 0 Å². The van der Waals surface area contributed by atoms with Gasteiger partial charge in [-0.2, -0.15) is 4.39 Å². The van der Waals surface area contributed by atoms with Crippen LogP contribution in [-0.2, 0) is 15.2 Å². The first-order chi connectivity index (χ1) is 13.3. The van der Waals surface area contributed by atoms with E-state index in [9.17, 15) is 4.39 Å². The fourth-order valence-corrected chi connectivity index (χ4v) is 5.06. The topological polar surface area (TPSA) is 68.5 Å². The van der Waals surface area contributed by atoms with E-state index in [-0.39, 0.29) is 16.1 Å². The highest BCUT2D eigenvalue weighted by atomic mass is 32.2. The Bertz CT molecular complexity index is 668. The molecule has 1 saturated heterocycles. The Kier molecular flexibility index (Phi) is 8.18. The summed E-state index contributed by atoms with van der Waals surface area (Å²) < 4.78 is 13.3. The van der Waals surface area contributed by atoms with Crippen molar-refractivity contribution in [3.8, 4) is 0 Å². The van der Waals surface area contributed by atoms with Crippen LogP contribution in [0.3, 0.4) is 0 Å². The van der Waals surface area contributed by atoms with Crippen LogP contribution in [0.4, 0.5) is 4.39 Å². The van der Waals surface area contributed by atoms with Crippen molar-refractivity contribution in [2.75, 3.05) is 19.7 Å². The molecule has 2 aliphatic heterocycles. The summed E-state index contributed by atoms with van der Waals surface area (Å²) in [6, 6.07) is 4.24. The van der Waals surface area contributed by atoms with Gasteiger partial charge in [0.1, 0.15) is 6.79 Å². The highest BCUT2D eigenvalue weighted by molar-refractivity contribution is 8.03. The molecule has 2 aliphatic rings. The lowest BCUT2D eigenvalue weighted by Gasteiger charge is -2.38. The van der Waals surface area contributed by atoms with Gasteiger partial charge in [-0.25, -0.2) is 5.90 Å². The fraction of sp³-hybridized carbons (Fsp3) is 0.619. The monoisotopic (exact) mass is 409 g/mol. The Balaban J connectivity index is 0.00000136. The van der Waals surface area contributed by atoms with Gasteiger partial charge in [-0.1, -0.05) is 17.8 Å². The van der Waals surface area contributed by atoms with E-state index < -0.39 is 0 Å². The maximum Gasteiger partial charge on any atom is 0.152 e. The molecule has 0 aromatic carbocycles. The summed E-state index contributed by atoms with van der Waals surface area (Å²) in [6.07, 6.45) is 7.59. The van der Waals surface area contributed by atoms with Crippen molar-refractivity contribution < 1.29 is 14.0 Å². The molecule has 1 fully saturated rings. The normalized spacial score (nSPS) is 25.3. The molecule has 2 atom stereocenters. The van der Waals surface area contributed by atoms with Crippen LogP contribution in [-0.4, -0.2) is 41.6 Å². The minimum Gasteiger partial charge on any atom is -0.307 e. The number of carbonyl (C=O) groups excluding carboxylic acids is 1. The second-order valence-corrected chi connectivity index (χ2v) is 9.54. The summed E-state index contributed by atoms with van der Waals surface area (Å²) in [7, 11) is 0. The highest BCUT2D eigenvalue weighted by Crippen LogP contribution is 2.44. The Hall–Kier alpha value is -1.28. The van der Waals surface area contributed by atoms with Gasteiger partial charge in [-0.15, -0.1) is 0 Å². The lowest BCUT2D eigenvalue weighted by Crippen LogP contribution is -2.42. The molecule has 0 radical (unpaired) electrons. The van der Waals surface area contributed by atoms with E-state index in [2.05, 4.69) is 35.9 Å². The summed E-state index contributed by atoms with van der Waals surface area (Å²) in [6.45, 7) is 11.0. The highest BCUT2D eigenvalue weighted by Gasteiger charge is 2.44. The lowest BCUT2D eigenvalue weighted by molar-refractivity contribution is -0.0979. The molecule has 2 unspecified atom stereocenters. The van der Waals surface area contributed by atoms with E-state index in [4.69, 9.17) is 15.5 Å². The molecule has 7 heteroatoms. The molecule has 0 bridgehead atoms. The Morgan fingerprint density at radius 3 is 2.79 bits per heavy atom. The van der Waals surface area contributed by atoms with Gasteiger partial charge in [0.15, 0.2) is 5.16 Å². The van der Waals surface area contributed by atoms with Gasteiger partial charge in [-0.05, 0) is 70.7 Å². The van der Waals surface area contributed by atoms with Crippen molar-refractivity contribution in [1.29, 1.82) is 0 Å². The third kappa shape index (κ3) is 5.41. The molecule has 2 N–H and O–H groups in total. The van der Waals surface area contributed by atoms with Crippen molar-refractivity contribution in [1.82, 2.24) is 9.88 Å². The SMILES string of the molecule is C=O.Cc1ccc(C(C)(C)N2CCC(CCC3CC=C(F)S3)(CON)C2)cn1. The summed E-state index contributed by atoms with van der Waals surface area (Å²) >= 11 is 1.37. The molecule has 156 valence electrons. The zero-order valence-electron chi connectivity index (χ0n) is 17.1. The third-order valence-corrected chi connectivity index (χ3v) is 7.21. The van der Waals surface area contributed by atoms with Crippen molar-refractivity contribution in [3.05, 3.63) is 40.8 Å².